The van der Waals surface area contributed by atoms with Crippen LogP contribution in [-0.4, -0.2) is 23.1 Å². The molecule has 1 N–H and O–H groups in total. The summed E-state index contributed by atoms with van der Waals surface area (Å²) in [7, 11) is 2.09. The monoisotopic (exact) mass is 271 g/mol. The first-order valence-corrected chi connectivity index (χ1v) is 7.20. The molecule has 1 aromatic heterocycles. The predicted octanol–water partition coefficient (Wildman–Crippen LogP) is 2.56. The van der Waals surface area contributed by atoms with Gasteiger partial charge in [-0.15, -0.1) is 0 Å². The zero-order chi connectivity index (χ0) is 13.8. The molecule has 2 aromatic rings. The number of hydrogen-bond donors (Lipinski definition) is 1. The van der Waals surface area contributed by atoms with Gasteiger partial charge in [-0.1, -0.05) is 35.5 Å². The zero-order valence-corrected chi connectivity index (χ0v) is 11.9. The van der Waals surface area contributed by atoms with Crippen molar-refractivity contribution in [1.29, 1.82) is 0 Å². The number of aromatic nitrogens is 1. The summed E-state index contributed by atoms with van der Waals surface area (Å²) in [6.07, 6.45) is 2.59. The van der Waals surface area contributed by atoms with Gasteiger partial charge in [0, 0.05) is 25.2 Å². The summed E-state index contributed by atoms with van der Waals surface area (Å²) in [6, 6.07) is 13.2. The Labute approximate surface area is 119 Å². The minimum Gasteiger partial charge on any atom is -0.360 e. The van der Waals surface area contributed by atoms with Gasteiger partial charge in [0.05, 0.1) is 12.2 Å². The smallest absolute Gasteiger partial charge is 0.151 e. The Kier molecular flexibility index (Phi) is 4.14. The quantitative estimate of drug-likeness (QED) is 0.840. The highest BCUT2D eigenvalue weighted by atomic mass is 16.5. The van der Waals surface area contributed by atoms with Gasteiger partial charge in [0.25, 0.3) is 0 Å². The van der Waals surface area contributed by atoms with Crippen molar-refractivity contribution in [3.8, 4) is 0 Å². The second kappa shape index (κ2) is 6.20. The van der Waals surface area contributed by atoms with Crippen LogP contribution in [0, 0.1) is 0 Å². The van der Waals surface area contributed by atoms with E-state index in [4.69, 9.17) is 4.52 Å². The Bertz CT molecular complexity index is 534. The lowest BCUT2D eigenvalue weighted by atomic mass is 10.2. The number of nitrogens with one attached hydrogen (secondary N) is 1. The average molecular weight is 271 g/mol. The van der Waals surface area contributed by atoms with E-state index in [2.05, 4.69) is 52.8 Å². The van der Waals surface area contributed by atoms with Crippen LogP contribution in [0.3, 0.4) is 0 Å². The van der Waals surface area contributed by atoms with E-state index in [1.54, 1.807) is 0 Å². The van der Waals surface area contributed by atoms with Crippen LogP contribution < -0.4 is 5.32 Å². The molecule has 4 nitrogen and oxygen atoms in total. The minimum atomic E-state index is 0.705. The highest BCUT2D eigenvalue weighted by molar-refractivity contribution is 5.14. The molecule has 20 heavy (non-hydrogen) atoms. The van der Waals surface area contributed by atoms with Crippen molar-refractivity contribution in [2.24, 2.45) is 0 Å². The summed E-state index contributed by atoms with van der Waals surface area (Å²) in [5.41, 5.74) is 2.31. The third kappa shape index (κ3) is 3.92. The van der Waals surface area contributed by atoms with Gasteiger partial charge < -0.3 is 9.84 Å². The fraction of sp³-hybridized carbons (Fsp3) is 0.438. The van der Waals surface area contributed by atoms with Gasteiger partial charge in [-0.2, -0.15) is 0 Å². The van der Waals surface area contributed by atoms with E-state index in [1.807, 2.05) is 6.07 Å². The first-order chi connectivity index (χ1) is 9.79. The Morgan fingerprint density at radius 2 is 2.05 bits per heavy atom. The van der Waals surface area contributed by atoms with Crippen LogP contribution in [0.5, 0.6) is 0 Å². The molecule has 0 bridgehead atoms. The molecule has 0 unspecified atom stereocenters. The normalized spacial score (nSPS) is 14.9. The SMILES string of the molecule is CN(Cc1ccccc1)Cc1cc(CNC2CC2)no1. The fourth-order valence-electron chi connectivity index (χ4n) is 2.27. The van der Waals surface area contributed by atoms with Crippen LogP contribution in [0.25, 0.3) is 0 Å². The zero-order valence-electron chi connectivity index (χ0n) is 11.9. The van der Waals surface area contributed by atoms with E-state index in [0.717, 1.165) is 31.1 Å². The number of hydrogen-bond acceptors (Lipinski definition) is 4. The van der Waals surface area contributed by atoms with Crippen molar-refractivity contribution >= 4 is 0 Å². The molecule has 1 aliphatic rings. The van der Waals surface area contributed by atoms with E-state index in [0.29, 0.717) is 6.04 Å². The van der Waals surface area contributed by atoms with Crippen LogP contribution in [-0.2, 0) is 19.6 Å². The van der Waals surface area contributed by atoms with Crippen LogP contribution in [0.1, 0.15) is 29.9 Å². The summed E-state index contributed by atoms with van der Waals surface area (Å²) in [5.74, 6) is 0.927. The van der Waals surface area contributed by atoms with Crippen molar-refractivity contribution in [2.45, 2.75) is 38.5 Å². The van der Waals surface area contributed by atoms with E-state index in [9.17, 15) is 0 Å². The molecule has 106 valence electrons. The van der Waals surface area contributed by atoms with Crippen molar-refractivity contribution in [1.82, 2.24) is 15.4 Å². The third-order valence-electron chi connectivity index (χ3n) is 3.48. The van der Waals surface area contributed by atoms with Crippen LogP contribution in [0.15, 0.2) is 40.9 Å². The van der Waals surface area contributed by atoms with Crippen molar-refractivity contribution in [3.63, 3.8) is 0 Å². The maximum absolute atomic E-state index is 5.39. The Hall–Kier alpha value is -1.65. The van der Waals surface area contributed by atoms with Crippen LogP contribution in [0.2, 0.25) is 0 Å². The van der Waals surface area contributed by atoms with Crippen LogP contribution >= 0.6 is 0 Å². The molecule has 0 aliphatic heterocycles. The Morgan fingerprint density at radius 1 is 1.25 bits per heavy atom. The van der Waals surface area contributed by atoms with E-state index in [-0.39, 0.29) is 0 Å². The highest BCUT2D eigenvalue weighted by Gasteiger charge is 2.20. The molecule has 1 saturated carbocycles. The van der Waals surface area contributed by atoms with E-state index < -0.39 is 0 Å². The maximum Gasteiger partial charge on any atom is 0.151 e. The molecule has 0 atom stereocenters. The molecule has 0 saturated heterocycles. The number of rotatable bonds is 7. The molecule has 1 heterocycles. The van der Waals surface area contributed by atoms with E-state index >= 15 is 0 Å². The first-order valence-electron chi connectivity index (χ1n) is 7.20. The van der Waals surface area contributed by atoms with Gasteiger partial charge in [0.2, 0.25) is 0 Å². The summed E-state index contributed by atoms with van der Waals surface area (Å²) >= 11 is 0. The van der Waals surface area contributed by atoms with Crippen molar-refractivity contribution < 1.29 is 4.52 Å². The lowest BCUT2D eigenvalue weighted by Gasteiger charge is -2.14. The number of nitrogens with zero attached hydrogens (tertiary/aromatic N) is 2. The lowest BCUT2D eigenvalue weighted by Crippen LogP contribution is -2.17. The first kappa shape index (κ1) is 13.3. The van der Waals surface area contributed by atoms with E-state index in [1.165, 1.54) is 18.4 Å². The predicted molar refractivity (Wildman–Crippen MR) is 78.0 cm³/mol. The van der Waals surface area contributed by atoms with Crippen molar-refractivity contribution in [3.05, 3.63) is 53.4 Å². The Morgan fingerprint density at radius 3 is 2.80 bits per heavy atom. The summed E-state index contributed by atoms with van der Waals surface area (Å²) in [5, 5.41) is 7.56. The summed E-state index contributed by atoms with van der Waals surface area (Å²) < 4.78 is 5.39. The van der Waals surface area contributed by atoms with Gasteiger partial charge >= 0.3 is 0 Å². The molecule has 0 amide bonds. The van der Waals surface area contributed by atoms with Gasteiger partial charge in [0.15, 0.2) is 5.76 Å². The maximum atomic E-state index is 5.39. The minimum absolute atomic E-state index is 0.705. The molecule has 1 aliphatic carbocycles. The molecule has 1 aromatic carbocycles. The molecule has 0 spiro atoms. The molecular formula is C16H21N3O. The third-order valence-corrected chi connectivity index (χ3v) is 3.48. The molecular weight excluding hydrogens is 250 g/mol. The van der Waals surface area contributed by atoms with Gasteiger partial charge in [0.1, 0.15) is 0 Å². The second-order valence-electron chi connectivity index (χ2n) is 5.60. The topological polar surface area (TPSA) is 41.3 Å². The Balaban J connectivity index is 1.49. The van der Waals surface area contributed by atoms with Gasteiger partial charge in [-0.25, -0.2) is 0 Å². The number of benzene rings is 1. The molecule has 0 radical (unpaired) electrons. The molecule has 1 fully saturated rings. The second-order valence-corrected chi connectivity index (χ2v) is 5.60. The largest absolute Gasteiger partial charge is 0.360 e. The summed E-state index contributed by atoms with van der Waals surface area (Å²) in [4.78, 5) is 2.23. The molecule has 3 rings (SSSR count). The lowest BCUT2D eigenvalue weighted by molar-refractivity contribution is 0.265. The average Bonchev–Trinajstić information content (AvgIpc) is 3.18. The van der Waals surface area contributed by atoms with Gasteiger partial charge in [-0.3, -0.25) is 4.90 Å². The van der Waals surface area contributed by atoms with Crippen molar-refractivity contribution in [2.75, 3.05) is 7.05 Å². The fourth-order valence-corrected chi connectivity index (χ4v) is 2.27. The highest BCUT2D eigenvalue weighted by Crippen LogP contribution is 2.19. The molecule has 4 heteroatoms. The van der Waals surface area contributed by atoms with Gasteiger partial charge in [-0.05, 0) is 25.5 Å². The standard InChI is InChI=1S/C16H21N3O/c1-19(11-13-5-3-2-4-6-13)12-16-9-15(18-20-16)10-17-14-7-8-14/h2-6,9,14,17H,7-8,10-12H2,1H3. The van der Waals surface area contributed by atoms with Crippen LogP contribution in [0.4, 0.5) is 0 Å². The summed E-state index contributed by atoms with van der Waals surface area (Å²) in [6.45, 7) is 2.51.